The summed E-state index contributed by atoms with van der Waals surface area (Å²) in [5.41, 5.74) is 2.20. The molecule has 0 saturated carbocycles. The maximum atomic E-state index is 12.2. The molecule has 0 amide bonds. The monoisotopic (exact) mass is 346 g/mol. The quantitative estimate of drug-likeness (QED) is 0.734. The average molecular weight is 347 g/mol. The Morgan fingerprint density at radius 1 is 1.27 bits per heavy atom. The third kappa shape index (κ3) is 5.70. The van der Waals surface area contributed by atoms with Crippen LogP contribution in [0.3, 0.4) is 0 Å². The van der Waals surface area contributed by atoms with Gasteiger partial charge in [0.25, 0.3) is 0 Å². The van der Waals surface area contributed by atoms with E-state index in [1.807, 2.05) is 18.2 Å². The molecule has 1 aliphatic heterocycles. The molecule has 0 unspecified atom stereocenters. The highest BCUT2D eigenvalue weighted by molar-refractivity contribution is 7.89. The van der Waals surface area contributed by atoms with Crippen LogP contribution in [0.4, 0.5) is 0 Å². The summed E-state index contributed by atoms with van der Waals surface area (Å²) in [6, 6.07) is 6.95. The Morgan fingerprint density at radius 3 is 2.59 bits per heavy atom. The molecule has 1 aromatic carbocycles. The minimum atomic E-state index is -3.44. The van der Waals surface area contributed by atoms with Gasteiger partial charge in [0.2, 0.25) is 10.0 Å². The Labute approximate surface area is 138 Å². The lowest BCUT2D eigenvalue weighted by Crippen LogP contribution is -2.29. The van der Waals surface area contributed by atoms with Gasteiger partial charge in [-0.15, -0.1) is 12.4 Å². The van der Waals surface area contributed by atoms with E-state index in [4.69, 9.17) is 4.74 Å². The first-order chi connectivity index (χ1) is 10.1. The molecule has 2 N–H and O–H groups in total. The molecule has 7 heteroatoms. The van der Waals surface area contributed by atoms with Crippen molar-refractivity contribution in [1.29, 1.82) is 0 Å². The number of nitrogens with one attached hydrogen (secondary N) is 2. The highest BCUT2D eigenvalue weighted by atomic mass is 35.5. The first-order valence-electron chi connectivity index (χ1n) is 7.08. The van der Waals surface area contributed by atoms with Crippen molar-refractivity contribution in [2.75, 3.05) is 33.4 Å². The van der Waals surface area contributed by atoms with Crippen molar-refractivity contribution in [2.45, 2.75) is 17.7 Å². The van der Waals surface area contributed by atoms with Gasteiger partial charge in [-0.1, -0.05) is 23.8 Å². The summed E-state index contributed by atoms with van der Waals surface area (Å²) in [6.45, 7) is 2.73. The summed E-state index contributed by atoms with van der Waals surface area (Å²) in [7, 11) is -1.79. The zero-order valence-electron chi connectivity index (χ0n) is 12.7. The van der Waals surface area contributed by atoms with Crippen LogP contribution in [0.1, 0.15) is 12.0 Å². The molecule has 0 aromatic heterocycles. The Morgan fingerprint density at radius 2 is 2.00 bits per heavy atom. The first-order valence-corrected chi connectivity index (χ1v) is 8.56. The average Bonchev–Trinajstić information content (AvgIpc) is 2.52. The van der Waals surface area contributed by atoms with Gasteiger partial charge in [0.15, 0.2) is 0 Å². The molecule has 0 fully saturated rings. The second kappa shape index (κ2) is 9.27. The van der Waals surface area contributed by atoms with E-state index < -0.39 is 10.0 Å². The standard InChI is InChI=1S/C15H22N2O3S.ClH/c1-20-11-8-13-2-4-15(5-3-13)21(18,19)17-12-14-6-9-16-10-7-14;/h2-6,16-17H,7-12H2,1H3;1H. The van der Waals surface area contributed by atoms with E-state index in [9.17, 15) is 8.42 Å². The van der Waals surface area contributed by atoms with Crippen LogP contribution in [-0.2, 0) is 21.2 Å². The fraction of sp³-hybridized carbons (Fsp3) is 0.467. The lowest BCUT2D eigenvalue weighted by atomic mass is 10.1. The number of benzene rings is 1. The van der Waals surface area contributed by atoms with Gasteiger partial charge in [-0.2, -0.15) is 0 Å². The Hall–Kier alpha value is -0.920. The van der Waals surface area contributed by atoms with Crippen molar-refractivity contribution in [2.24, 2.45) is 0 Å². The van der Waals surface area contributed by atoms with E-state index in [0.29, 0.717) is 18.0 Å². The molecule has 22 heavy (non-hydrogen) atoms. The van der Waals surface area contributed by atoms with Crippen molar-refractivity contribution in [3.63, 3.8) is 0 Å². The fourth-order valence-electron chi connectivity index (χ4n) is 2.16. The predicted molar refractivity (Wildman–Crippen MR) is 90.0 cm³/mol. The van der Waals surface area contributed by atoms with E-state index in [0.717, 1.165) is 37.1 Å². The van der Waals surface area contributed by atoms with Gasteiger partial charge in [0.1, 0.15) is 0 Å². The summed E-state index contributed by atoms with van der Waals surface area (Å²) in [6.07, 6.45) is 3.71. The number of rotatable bonds is 7. The number of ether oxygens (including phenoxy) is 1. The molecule has 0 bridgehead atoms. The smallest absolute Gasteiger partial charge is 0.240 e. The summed E-state index contributed by atoms with van der Waals surface area (Å²) in [5, 5.41) is 3.20. The highest BCUT2D eigenvalue weighted by Crippen LogP contribution is 2.12. The second-order valence-corrected chi connectivity index (χ2v) is 6.79. The molecule has 124 valence electrons. The normalized spacial score (nSPS) is 15.0. The topological polar surface area (TPSA) is 67.4 Å². The molecule has 0 aliphatic carbocycles. The molecule has 1 aliphatic rings. The predicted octanol–water partition coefficient (Wildman–Crippen LogP) is 1.50. The van der Waals surface area contributed by atoms with Crippen molar-refractivity contribution in [3.05, 3.63) is 41.5 Å². The van der Waals surface area contributed by atoms with Gasteiger partial charge in [-0.3, -0.25) is 0 Å². The molecule has 5 nitrogen and oxygen atoms in total. The molecular weight excluding hydrogens is 324 g/mol. The van der Waals surface area contributed by atoms with Crippen LogP contribution in [0.15, 0.2) is 40.8 Å². The zero-order valence-corrected chi connectivity index (χ0v) is 14.3. The highest BCUT2D eigenvalue weighted by Gasteiger charge is 2.14. The van der Waals surface area contributed by atoms with Crippen LogP contribution in [0.5, 0.6) is 0 Å². The SMILES string of the molecule is COCCc1ccc(S(=O)(=O)NCC2=CCNCC2)cc1.Cl. The van der Waals surface area contributed by atoms with Crippen molar-refractivity contribution in [3.8, 4) is 0 Å². The fourth-order valence-corrected chi connectivity index (χ4v) is 3.19. The minimum Gasteiger partial charge on any atom is -0.384 e. The van der Waals surface area contributed by atoms with E-state index in [1.165, 1.54) is 0 Å². The molecule has 0 saturated heterocycles. The third-order valence-corrected chi connectivity index (χ3v) is 4.89. The van der Waals surface area contributed by atoms with E-state index in [2.05, 4.69) is 10.0 Å². The number of hydrogen-bond donors (Lipinski definition) is 2. The largest absolute Gasteiger partial charge is 0.384 e. The minimum absolute atomic E-state index is 0. The molecule has 0 atom stereocenters. The second-order valence-electron chi connectivity index (χ2n) is 5.03. The summed E-state index contributed by atoms with van der Waals surface area (Å²) >= 11 is 0. The molecular formula is C15H23ClN2O3S. The van der Waals surface area contributed by atoms with Crippen LogP contribution in [0, 0.1) is 0 Å². The number of methoxy groups -OCH3 is 1. The lowest BCUT2D eigenvalue weighted by Gasteiger charge is -2.14. The summed E-state index contributed by atoms with van der Waals surface area (Å²) in [5.74, 6) is 0. The van der Waals surface area contributed by atoms with Gasteiger partial charge in [-0.25, -0.2) is 13.1 Å². The van der Waals surface area contributed by atoms with Crippen LogP contribution >= 0.6 is 12.4 Å². The molecule has 2 rings (SSSR count). The van der Waals surface area contributed by atoms with Gasteiger partial charge in [0, 0.05) is 20.2 Å². The number of halogens is 1. The van der Waals surface area contributed by atoms with Crippen LogP contribution in [-0.4, -0.2) is 41.8 Å². The maximum absolute atomic E-state index is 12.2. The molecule has 0 radical (unpaired) electrons. The van der Waals surface area contributed by atoms with Crippen molar-refractivity contribution in [1.82, 2.24) is 10.0 Å². The van der Waals surface area contributed by atoms with Crippen LogP contribution in [0.2, 0.25) is 0 Å². The molecule has 1 heterocycles. The zero-order chi connectivity index (χ0) is 15.1. The third-order valence-electron chi connectivity index (χ3n) is 3.48. The van der Waals surface area contributed by atoms with E-state index in [1.54, 1.807) is 19.2 Å². The van der Waals surface area contributed by atoms with Crippen molar-refractivity contribution >= 4 is 22.4 Å². The first kappa shape index (κ1) is 19.1. The van der Waals surface area contributed by atoms with Gasteiger partial charge in [0.05, 0.1) is 11.5 Å². The van der Waals surface area contributed by atoms with E-state index in [-0.39, 0.29) is 12.4 Å². The molecule has 0 spiro atoms. The Bertz CT molecular complexity index is 585. The summed E-state index contributed by atoms with van der Waals surface area (Å²) < 4.78 is 32.1. The van der Waals surface area contributed by atoms with Gasteiger partial charge in [-0.05, 0) is 37.1 Å². The van der Waals surface area contributed by atoms with Gasteiger partial charge >= 0.3 is 0 Å². The molecule has 1 aromatic rings. The van der Waals surface area contributed by atoms with Gasteiger partial charge < -0.3 is 10.1 Å². The lowest BCUT2D eigenvalue weighted by molar-refractivity contribution is 0.202. The summed E-state index contributed by atoms with van der Waals surface area (Å²) in [4.78, 5) is 0.304. The van der Waals surface area contributed by atoms with E-state index >= 15 is 0 Å². The Kier molecular flexibility index (Phi) is 8.06. The van der Waals surface area contributed by atoms with Crippen LogP contribution in [0.25, 0.3) is 0 Å². The maximum Gasteiger partial charge on any atom is 0.240 e. The number of sulfonamides is 1. The number of hydrogen-bond acceptors (Lipinski definition) is 4. The Balaban J connectivity index is 0.00000242. The van der Waals surface area contributed by atoms with Crippen molar-refractivity contribution < 1.29 is 13.2 Å². The van der Waals surface area contributed by atoms with Crippen LogP contribution < -0.4 is 10.0 Å².